The lowest BCUT2D eigenvalue weighted by Crippen LogP contribution is -2.51. The van der Waals surface area contributed by atoms with E-state index in [1.165, 1.54) is 18.5 Å². The van der Waals surface area contributed by atoms with Crippen molar-refractivity contribution in [3.05, 3.63) is 28.5 Å². The molecule has 0 fully saturated rings. The molecule has 0 saturated carbocycles. The summed E-state index contributed by atoms with van der Waals surface area (Å²) in [6.45, 7) is 1.31. The highest BCUT2D eigenvalue weighted by Gasteiger charge is 2.26. The van der Waals surface area contributed by atoms with Gasteiger partial charge in [-0.15, -0.1) is 0 Å². The number of pyridine rings is 1. The van der Waals surface area contributed by atoms with Crippen LogP contribution >= 0.6 is 15.9 Å². The van der Waals surface area contributed by atoms with Gasteiger partial charge in [0, 0.05) is 0 Å². The van der Waals surface area contributed by atoms with Gasteiger partial charge in [-0.3, -0.25) is 14.8 Å². The molecule has 8 heteroatoms. The second-order valence-electron chi connectivity index (χ2n) is 3.51. The monoisotopic (exact) mass is 317 g/mol. The number of carbonyl (C=O) groups excluding carboxylic acids is 2. The number of aliphatic hydroxyl groups is 1. The molecule has 0 aliphatic heterocycles. The minimum atomic E-state index is -1.26. The van der Waals surface area contributed by atoms with Crippen LogP contribution in [0.25, 0.3) is 0 Å². The molecule has 0 saturated heterocycles. The average Bonchev–Trinajstić information content (AvgIpc) is 2.34. The Morgan fingerprint density at radius 1 is 1.44 bits per heavy atom. The maximum Gasteiger partial charge on any atom is 0.270 e. The molecule has 0 aliphatic carbocycles. The van der Waals surface area contributed by atoms with E-state index in [1.807, 2.05) is 0 Å². The van der Waals surface area contributed by atoms with Gasteiger partial charge in [-0.05, 0) is 35.0 Å². The molecule has 2 atom stereocenters. The fraction of sp³-hybridized carbons (Fsp3) is 0.300. The van der Waals surface area contributed by atoms with Crippen LogP contribution in [-0.4, -0.2) is 39.3 Å². The number of hydrogen-bond acceptors (Lipinski definition) is 5. The van der Waals surface area contributed by atoms with Gasteiger partial charge >= 0.3 is 0 Å². The number of halogens is 1. The van der Waals surface area contributed by atoms with E-state index in [0.29, 0.717) is 4.60 Å². The second kappa shape index (κ2) is 6.43. The highest BCUT2D eigenvalue weighted by molar-refractivity contribution is 9.10. The van der Waals surface area contributed by atoms with E-state index < -0.39 is 24.0 Å². The zero-order valence-electron chi connectivity index (χ0n) is 9.42. The van der Waals surface area contributed by atoms with Crippen molar-refractivity contribution in [1.29, 1.82) is 0 Å². The number of amides is 2. The molecule has 4 N–H and O–H groups in total. The molecule has 0 bridgehead atoms. The van der Waals surface area contributed by atoms with E-state index >= 15 is 0 Å². The first-order valence-corrected chi connectivity index (χ1v) is 5.80. The normalized spacial score (nSPS) is 13.6. The first kappa shape index (κ1) is 14.6. The summed E-state index contributed by atoms with van der Waals surface area (Å²) >= 11 is 3.11. The third kappa shape index (κ3) is 3.76. The topological polar surface area (TPSA) is 112 Å². The first-order valence-electron chi connectivity index (χ1n) is 5.01. The molecule has 0 spiro atoms. The lowest BCUT2D eigenvalue weighted by molar-refractivity contribution is -0.133. The first-order chi connectivity index (χ1) is 8.45. The molecule has 0 unspecified atom stereocenters. The Balaban J connectivity index is 2.82. The maximum absolute atomic E-state index is 11.8. The zero-order valence-corrected chi connectivity index (χ0v) is 11.0. The van der Waals surface area contributed by atoms with Crippen LogP contribution in [0.4, 0.5) is 0 Å². The minimum Gasteiger partial charge on any atom is -0.391 e. The highest BCUT2D eigenvalue weighted by atomic mass is 79.9. The van der Waals surface area contributed by atoms with Gasteiger partial charge in [-0.1, -0.05) is 6.07 Å². The van der Waals surface area contributed by atoms with Crippen LogP contribution in [0.1, 0.15) is 17.4 Å². The van der Waals surface area contributed by atoms with Crippen molar-refractivity contribution in [2.75, 3.05) is 0 Å². The van der Waals surface area contributed by atoms with Gasteiger partial charge in [-0.25, -0.2) is 10.5 Å². The van der Waals surface area contributed by atoms with Gasteiger partial charge in [0.15, 0.2) is 0 Å². The van der Waals surface area contributed by atoms with E-state index in [0.717, 1.165) is 0 Å². The van der Waals surface area contributed by atoms with Crippen molar-refractivity contribution >= 4 is 27.7 Å². The lowest BCUT2D eigenvalue weighted by Gasteiger charge is -2.18. The maximum atomic E-state index is 11.8. The quantitative estimate of drug-likeness (QED) is 0.350. The van der Waals surface area contributed by atoms with E-state index in [-0.39, 0.29) is 5.69 Å². The Hall–Kier alpha value is -1.51. The Bertz CT molecular complexity index is 453. The Kier molecular flexibility index (Phi) is 5.20. The molecule has 1 aromatic rings. The summed E-state index contributed by atoms with van der Waals surface area (Å²) in [6.07, 6.45) is -1.16. The van der Waals surface area contributed by atoms with Crippen LogP contribution in [0.2, 0.25) is 0 Å². The standard InChI is InChI=1S/C10H12BrN3O4/c1-5(15)8(10(17)14-18)13-9(16)6-3-2-4-7(11)12-6/h2-5,8,15,18H,1H3,(H,13,16)(H,14,17)/t5-,8+/m1/s1. The van der Waals surface area contributed by atoms with Gasteiger partial charge < -0.3 is 10.4 Å². The number of rotatable bonds is 4. The molecule has 0 aliphatic rings. The van der Waals surface area contributed by atoms with E-state index in [4.69, 9.17) is 5.21 Å². The summed E-state index contributed by atoms with van der Waals surface area (Å²) in [5.74, 6) is -1.54. The number of aliphatic hydroxyl groups excluding tert-OH is 1. The van der Waals surface area contributed by atoms with E-state index in [1.54, 1.807) is 12.1 Å². The number of hydrogen-bond donors (Lipinski definition) is 4. The van der Waals surface area contributed by atoms with Crippen LogP contribution < -0.4 is 10.8 Å². The lowest BCUT2D eigenvalue weighted by atomic mass is 10.1. The van der Waals surface area contributed by atoms with E-state index in [9.17, 15) is 14.7 Å². The molecule has 1 aromatic heterocycles. The molecular weight excluding hydrogens is 306 g/mol. The molecule has 98 valence electrons. The third-order valence-electron chi connectivity index (χ3n) is 2.11. The summed E-state index contributed by atoms with van der Waals surface area (Å²) in [5.41, 5.74) is 1.46. The molecule has 1 rings (SSSR count). The number of nitrogens with zero attached hydrogens (tertiary/aromatic N) is 1. The molecule has 0 aromatic carbocycles. The van der Waals surface area contributed by atoms with Crippen molar-refractivity contribution in [2.45, 2.75) is 19.1 Å². The molecule has 2 amide bonds. The summed E-state index contributed by atoms with van der Waals surface area (Å²) in [7, 11) is 0. The van der Waals surface area contributed by atoms with Crippen molar-refractivity contribution in [3.63, 3.8) is 0 Å². The predicted octanol–water partition coefficient (Wildman–Crippen LogP) is -0.171. The number of nitrogens with one attached hydrogen (secondary N) is 2. The van der Waals surface area contributed by atoms with Gasteiger partial charge in [0.25, 0.3) is 11.8 Å². The average molecular weight is 318 g/mol. The van der Waals surface area contributed by atoms with Crippen molar-refractivity contribution < 1.29 is 19.9 Å². The van der Waals surface area contributed by atoms with Crippen molar-refractivity contribution in [2.24, 2.45) is 0 Å². The van der Waals surface area contributed by atoms with Gasteiger partial charge in [0.05, 0.1) is 6.10 Å². The van der Waals surface area contributed by atoms with Crippen LogP contribution in [0, 0.1) is 0 Å². The molecule has 1 heterocycles. The third-order valence-corrected chi connectivity index (χ3v) is 2.55. The Labute approximate surface area is 111 Å². The predicted molar refractivity (Wildman–Crippen MR) is 64.8 cm³/mol. The summed E-state index contributed by atoms with van der Waals surface area (Å²) in [5, 5.41) is 20.1. The largest absolute Gasteiger partial charge is 0.391 e. The van der Waals surface area contributed by atoms with Gasteiger partial charge in [-0.2, -0.15) is 0 Å². The smallest absolute Gasteiger partial charge is 0.270 e. The number of aromatic nitrogens is 1. The van der Waals surface area contributed by atoms with Crippen LogP contribution in [-0.2, 0) is 4.79 Å². The fourth-order valence-electron chi connectivity index (χ4n) is 1.22. The minimum absolute atomic E-state index is 0.0840. The van der Waals surface area contributed by atoms with E-state index in [2.05, 4.69) is 26.2 Å². The Morgan fingerprint density at radius 2 is 2.11 bits per heavy atom. The summed E-state index contributed by atoms with van der Waals surface area (Å²) < 4.78 is 0.468. The van der Waals surface area contributed by atoms with Crippen LogP contribution in [0.3, 0.4) is 0 Å². The fourth-order valence-corrected chi connectivity index (χ4v) is 1.57. The summed E-state index contributed by atoms with van der Waals surface area (Å²) in [4.78, 5) is 26.9. The van der Waals surface area contributed by atoms with Gasteiger partial charge in [0.1, 0.15) is 16.3 Å². The SMILES string of the molecule is C[C@@H](O)[C@H](NC(=O)c1cccc(Br)n1)C(=O)NO. The van der Waals surface area contributed by atoms with Crippen LogP contribution in [0.15, 0.2) is 22.8 Å². The highest BCUT2D eigenvalue weighted by Crippen LogP contribution is 2.06. The molecular formula is C10H12BrN3O4. The Morgan fingerprint density at radius 3 is 2.61 bits per heavy atom. The summed E-state index contributed by atoms with van der Waals surface area (Å²) in [6, 6.07) is 3.44. The van der Waals surface area contributed by atoms with Crippen molar-refractivity contribution in [3.8, 4) is 0 Å². The van der Waals surface area contributed by atoms with Gasteiger partial charge in [0.2, 0.25) is 0 Å². The number of hydroxylamine groups is 1. The molecule has 7 nitrogen and oxygen atoms in total. The van der Waals surface area contributed by atoms with Crippen molar-refractivity contribution in [1.82, 2.24) is 15.8 Å². The molecule has 18 heavy (non-hydrogen) atoms. The van der Waals surface area contributed by atoms with Crippen LogP contribution in [0.5, 0.6) is 0 Å². The number of carbonyl (C=O) groups is 2. The zero-order chi connectivity index (χ0) is 13.7. The molecule has 0 radical (unpaired) electrons. The second-order valence-corrected chi connectivity index (χ2v) is 4.33.